The Kier molecular flexibility index (Phi) is 4.20. The number of rotatable bonds is 4. The number of nitrogens with one attached hydrogen (secondary N) is 1. The molecule has 3 N–H and O–H groups in total. The largest absolute Gasteiger partial charge is 0.496 e. The monoisotopic (exact) mass is 271 g/mol. The standard InChI is InChI=1S/C15H17N3O2/c1-10-13(7-12(16)9-17-10)15(19)18-8-11-5-3-4-6-14(11)20-2/h3-7,9H,8,16H2,1-2H3,(H,18,19). The van der Waals surface area contributed by atoms with Gasteiger partial charge in [-0.2, -0.15) is 0 Å². The van der Waals surface area contributed by atoms with Crippen molar-refractivity contribution in [3.8, 4) is 5.75 Å². The van der Waals surface area contributed by atoms with Crippen molar-refractivity contribution in [3.05, 3.63) is 53.3 Å². The first-order valence-corrected chi connectivity index (χ1v) is 6.24. The highest BCUT2D eigenvalue weighted by Crippen LogP contribution is 2.17. The van der Waals surface area contributed by atoms with Crippen molar-refractivity contribution >= 4 is 11.6 Å². The number of carbonyl (C=O) groups excluding carboxylic acids is 1. The summed E-state index contributed by atoms with van der Waals surface area (Å²) >= 11 is 0. The second-order valence-corrected chi connectivity index (χ2v) is 4.40. The van der Waals surface area contributed by atoms with Crippen LogP contribution < -0.4 is 15.8 Å². The minimum atomic E-state index is -0.201. The predicted molar refractivity (Wildman–Crippen MR) is 77.6 cm³/mol. The van der Waals surface area contributed by atoms with Crippen LogP contribution in [0.2, 0.25) is 0 Å². The second-order valence-electron chi connectivity index (χ2n) is 4.40. The van der Waals surface area contributed by atoms with E-state index in [1.165, 1.54) is 6.20 Å². The van der Waals surface area contributed by atoms with Crippen molar-refractivity contribution < 1.29 is 9.53 Å². The smallest absolute Gasteiger partial charge is 0.253 e. The van der Waals surface area contributed by atoms with Gasteiger partial charge in [-0.3, -0.25) is 9.78 Å². The van der Waals surface area contributed by atoms with Crippen molar-refractivity contribution in [2.45, 2.75) is 13.5 Å². The number of hydrogen-bond acceptors (Lipinski definition) is 4. The molecule has 2 rings (SSSR count). The molecule has 20 heavy (non-hydrogen) atoms. The summed E-state index contributed by atoms with van der Waals surface area (Å²) in [6.07, 6.45) is 1.53. The molecular formula is C15H17N3O2. The molecule has 1 aromatic heterocycles. The van der Waals surface area contributed by atoms with Crippen LogP contribution in [-0.4, -0.2) is 18.0 Å². The highest BCUT2D eigenvalue weighted by atomic mass is 16.5. The molecule has 1 amide bonds. The molecule has 0 bridgehead atoms. The average molecular weight is 271 g/mol. The normalized spacial score (nSPS) is 10.1. The summed E-state index contributed by atoms with van der Waals surface area (Å²) in [4.78, 5) is 16.2. The third kappa shape index (κ3) is 3.06. The third-order valence-corrected chi connectivity index (χ3v) is 2.98. The zero-order chi connectivity index (χ0) is 14.5. The van der Waals surface area contributed by atoms with E-state index in [1.807, 2.05) is 24.3 Å². The van der Waals surface area contributed by atoms with E-state index in [4.69, 9.17) is 10.5 Å². The molecule has 1 heterocycles. The first-order valence-electron chi connectivity index (χ1n) is 6.24. The lowest BCUT2D eigenvalue weighted by molar-refractivity contribution is 0.0949. The molecule has 0 aliphatic carbocycles. The molecule has 0 aliphatic heterocycles. The fraction of sp³-hybridized carbons (Fsp3) is 0.200. The van der Waals surface area contributed by atoms with E-state index in [9.17, 15) is 4.79 Å². The van der Waals surface area contributed by atoms with Gasteiger partial charge >= 0.3 is 0 Å². The number of aromatic nitrogens is 1. The molecule has 0 fully saturated rings. The first kappa shape index (κ1) is 13.9. The highest BCUT2D eigenvalue weighted by Gasteiger charge is 2.11. The van der Waals surface area contributed by atoms with Crippen LogP contribution in [0.1, 0.15) is 21.6 Å². The zero-order valence-electron chi connectivity index (χ0n) is 11.5. The number of methoxy groups -OCH3 is 1. The highest BCUT2D eigenvalue weighted by molar-refractivity contribution is 5.95. The third-order valence-electron chi connectivity index (χ3n) is 2.98. The molecular weight excluding hydrogens is 254 g/mol. The van der Waals surface area contributed by atoms with Gasteiger partial charge in [-0.1, -0.05) is 18.2 Å². The van der Waals surface area contributed by atoms with Crippen LogP contribution >= 0.6 is 0 Å². The van der Waals surface area contributed by atoms with Crippen molar-refractivity contribution in [1.82, 2.24) is 10.3 Å². The number of nitrogen functional groups attached to an aromatic ring is 1. The van der Waals surface area contributed by atoms with Crippen molar-refractivity contribution in [1.29, 1.82) is 0 Å². The minimum absolute atomic E-state index is 0.201. The Morgan fingerprint density at radius 1 is 1.40 bits per heavy atom. The van der Waals surface area contributed by atoms with E-state index < -0.39 is 0 Å². The molecule has 0 unspecified atom stereocenters. The Hall–Kier alpha value is -2.56. The summed E-state index contributed by atoms with van der Waals surface area (Å²) in [5, 5.41) is 2.84. The van der Waals surface area contributed by atoms with Crippen LogP contribution in [0.3, 0.4) is 0 Å². The SMILES string of the molecule is COc1ccccc1CNC(=O)c1cc(N)cnc1C. The van der Waals surface area contributed by atoms with E-state index in [2.05, 4.69) is 10.3 Å². The number of ether oxygens (including phenoxy) is 1. The number of benzene rings is 1. The Morgan fingerprint density at radius 2 is 2.15 bits per heavy atom. The number of para-hydroxylation sites is 1. The summed E-state index contributed by atoms with van der Waals surface area (Å²) in [5.74, 6) is 0.545. The summed E-state index contributed by atoms with van der Waals surface area (Å²) in [6.45, 7) is 2.16. The van der Waals surface area contributed by atoms with Gasteiger partial charge in [0, 0.05) is 12.1 Å². The Morgan fingerprint density at radius 3 is 2.90 bits per heavy atom. The topological polar surface area (TPSA) is 77.2 Å². The number of aryl methyl sites for hydroxylation is 1. The van der Waals surface area contributed by atoms with Gasteiger partial charge in [0.2, 0.25) is 0 Å². The molecule has 0 aliphatic rings. The summed E-state index contributed by atoms with van der Waals surface area (Å²) in [6, 6.07) is 9.17. The lowest BCUT2D eigenvalue weighted by atomic mass is 10.1. The van der Waals surface area contributed by atoms with Crippen LogP contribution in [0, 0.1) is 6.92 Å². The lowest BCUT2D eigenvalue weighted by Crippen LogP contribution is -2.24. The maximum atomic E-state index is 12.1. The summed E-state index contributed by atoms with van der Waals surface area (Å²) in [7, 11) is 1.60. The average Bonchev–Trinajstić information content (AvgIpc) is 2.47. The predicted octanol–water partition coefficient (Wildman–Crippen LogP) is 1.91. The van der Waals surface area contributed by atoms with Gasteiger partial charge in [0.1, 0.15) is 5.75 Å². The Labute approximate surface area is 117 Å². The number of carbonyl (C=O) groups is 1. The van der Waals surface area contributed by atoms with Gasteiger partial charge in [-0.05, 0) is 19.1 Å². The van der Waals surface area contributed by atoms with Gasteiger partial charge in [-0.25, -0.2) is 0 Å². The summed E-state index contributed by atoms with van der Waals surface area (Å²) < 4.78 is 5.24. The number of nitrogens with zero attached hydrogens (tertiary/aromatic N) is 1. The maximum Gasteiger partial charge on any atom is 0.253 e. The zero-order valence-corrected chi connectivity index (χ0v) is 11.5. The minimum Gasteiger partial charge on any atom is -0.496 e. The van der Waals surface area contributed by atoms with Gasteiger partial charge in [0.05, 0.1) is 30.3 Å². The molecule has 0 saturated heterocycles. The van der Waals surface area contributed by atoms with Crippen LogP contribution in [-0.2, 0) is 6.54 Å². The Bertz CT molecular complexity index is 626. The molecule has 0 atom stereocenters. The van der Waals surface area contributed by atoms with Crippen LogP contribution in [0.4, 0.5) is 5.69 Å². The molecule has 2 aromatic rings. The van der Waals surface area contributed by atoms with Crippen LogP contribution in [0.25, 0.3) is 0 Å². The molecule has 5 heteroatoms. The fourth-order valence-electron chi connectivity index (χ4n) is 1.90. The number of amides is 1. The van der Waals surface area contributed by atoms with Crippen molar-refractivity contribution in [2.75, 3.05) is 12.8 Å². The van der Waals surface area contributed by atoms with Crippen LogP contribution in [0.15, 0.2) is 36.5 Å². The number of pyridine rings is 1. The lowest BCUT2D eigenvalue weighted by Gasteiger charge is -2.10. The van der Waals surface area contributed by atoms with Gasteiger partial charge in [-0.15, -0.1) is 0 Å². The van der Waals surface area contributed by atoms with E-state index in [-0.39, 0.29) is 5.91 Å². The number of anilines is 1. The van der Waals surface area contributed by atoms with E-state index in [0.29, 0.717) is 23.5 Å². The maximum absolute atomic E-state index is 12.1. The van der Waals surface area contributed by atoms with Gasteiger partial charge in [0.25, 0.3) is 5.91 Å². The van der Waals surface area contributed by atoms with Gasteiger partial charge in [0.15, 0.2) is 0 Å². The van der Waals surface area contributed by atoms with E-state index in [1.54, 1.807) is 20.1 Å². The summed E-state index contributed by atoms with van der Waals surface area (Å²) in [5.41, 5.74) is 8.18. The van der Waals surface area contributed by atoms with Crippen molar-refractivity contribution in [3.63, 3.8) is 0 Å². The van der Waals surface area contributed by atoms with Crippen molar-refractivity contribution in [2.24, 2.45) is 0 Å². The molecule has 0 radical (unpaired) electrons. The number of nitrogens with two attached hydrogens (primary N) is 1. The van der Waals surface area contributed by atoms with E-state index in [0.717, 1.165) is 11.3 Å². The van der Waals surface area contributed by atoms with Crippen LogP contribution in [0.5, 0.6) is 5.75 Å². The van der Waals surface area contributed by atoms with E-state index >= 15 is 0 Å². The quantitative estimate of drug-likeness (QED) is 0.890. The fourth-order valence-corrected chi connectivity index (χ4v) is 1.90. The molecule has 104 valence electrons. The molecule has 0 saturated carbocycles. The van der Waals surface area contributed by atoms with Gasteiger partial charge < -0.3 is 15.8 Å². The molecule has 0 spiro atoms. The first-order chi connectivity index (χ1) is 9.61. The second kappa shape index (κ2) is 6.06. The molecule has 1 aromatic carbocycles. The Balaban J connectivity index is 2.11. The number of hydrogen-bond donors (Lipinski definition) is 2. The molecule has 5 nitrogen and oxygen atoms in total.